The second-order valence-corrected chi connectivity index (χ2v) is 3.38. The van der Waals surface area contributed by atoms with Crippen LogP contribution in [0.15, 0.2) is 0 Å². The van der Waals surface area contributed by atoms with Crippen LogP contribution >= 0.6 is 11.6 Å². The van der Waals surface area contributed by atoms with Crippen LogP contribution in [0, 0.1) is 0 Å². The molecule has 0 aromatic heterocycles. The maximum absolute atomic E-state index is 9.27. The molecule has 0 amide bonds. The van der Waals surface area contributed by atoms with Gasteiger partial charge >= 0.3 is 0 Å². The van der Waals surface area contributed by atoms with Gasteiger partial charge in [-0.2, -0.15) is 0 Å². The topological polar surface area (TPSA) is 41.5 Å². The first-order valence-corrected chi connectivity index (χ1v) is 3.90. The summed E-state index contributed by atoms with van der Waals surface area (Å²) in [6.45, 7) is 1.17. The molecule has 4 heteroatoms. The maximum Gasteiger partial charge on any atom is 0.0952 e. The number of alkyl halides is 1. The quantitative estimate of drug-likeness (QED) is 0.466. The van der Waals surface area contributed by atoms with Gasteiger partial charge < -0.3 is 15.2 Å². The SMILES string of the molecule is O[C@H]1CO[C@H]2C(Cl)CN[C@H]12. The van der Waals surface area contributed by atoms with Crippen LogP contribution in [-0.4, -0.2) is 41.9 Å². The molecule has 3 nitrogen and oxygen atoms in total. The fraction of sp³-hybridized carbons (Fsp3) is 1.00. The molecule has 4 atom stereocenters. The highest BCUT2D eigenvalue weighted by molar-refractivity contribution is 6.21. The molecule has 2 heterocycles. The van der Waals surface area contributed by atoms with E-state index in [9.17, 15) is 5.11 Å². The van der Waals surface area contributed by atoms with Gasteiger partial charge in [0, 0.05) is 6.54 Å². The van der Waals surface area contributed by atoms with E-state index in [4.69, 9.17) is 16.3 Å². The molecule has 58 valence electrons. The highest BCUT2D eigenvalue weighted by atomic mass is 35.5. The molecular weight excluding hydrogens is 154 g/mol. The average molecular weight is 164 g/mol. The Morgan fingerprint density at radius 1 is 1.60 bits per heavy atom. The smallest absolute Gasteiger partial charge is 0.0952 e. The number of hydrogen-bond donors (Lipinski definition) is 2. The molecule has 2 rings (SSSR count). The first-order chi connectivity index (χ1) is 4.79. The molecule has 0 spiro atoms. The highest BCUT2D eigenvalue weighted by Crippen LogP contribution is 2.25. The third-order valence-corrected chi connectivity index (χ3v) is 2.54. The first-order valence-electron chi connectivity index (χ1n) is 3.46. The summed E-state index contributed by atoms with van der Waals surface area (Å²) in [5, 5.41) is 12.4. The number of ether oxygens (including phenoxy) is 1. The monoisotopic (exact) mass is 163 g/mol. The van der Waals surface area contributed by atoms with Gasteiger partial charge in [-0.15, -0.1) is 11.6 Å². The molecule has 2 fully saturated rings. The Labute approximate surface area is 64.3 Å². The van der Waals surface area contributed by atoms with E-state index in [1.807, 2.05) is 0 Å². The predicted molar refractivity (Wildman–Crippen MR) is 37.2 cm³/mol. The molecular formula is C6H10ClNO2. The van der Waals surface area contributed by atoms with E-state index in [0.29, 0.717) is 6.61 Å². The molecule has 0 bridgehead atoms. The van der Waals surface area contributed by atoms with Crippen LogP contribution in [-0.2, 0) is 4.74 Å². The summed E-state index contributed by atoms with van der Waals surface area (Å²) in [7, 11) is 0. The minimum absolute atomic E-state index is 0.0247. The van der Waals surface area contributed by atoms with Crippen molar-refractivity contribution in [3.63, 3.8) is 0 Å². The standard InChI is InChI=1S/C6H10ClNO2/c7-3-1-8-5-4(9)2-10-6(3)5/h3-6,8-9H,1-2H2/t3?,4-,5+,6-/m0/s1. The number of aliphatic hydroxyl groups is 1. The minimum atomic E-state index is -0.367. The number of hydrogen-bond acceptors (Lipinski definition) is 3. The van der Waals surface area contributed by atoms with Crippen molar-refractivity contribution in [1.29, 1.82) is 0 Å². The van der Waals surface area contributed by atoms with Gasteiger partial charge in [-0.25, -0.2) is 0 Å². The Kier molecular flexibility index (Phi) is 1.60. The summed E-state index contributed by atoms with van der Waals surface area (Å²) in [4.78, 5) is 0. The van der Waals surface area contributed by atoms with E-state index in [-0.39, 0.29) is 23.6 Å². The normalized spacial score (nSPS) is 53.4. The van der Waals surface area contributed by atoms with Crippen LogP contribution in [0.25, 0.3) is 0 Å². The van der Waals surface area contributed by atoms with Gasteiger partial charge in [0.1, 0.15) is 0 Å². The van der Waals surface area contributed by atoms with Gasteiger partial charge in [0.25, 0.3) is 0 Å². The van der Waals surface area contributed by atoms with Crippen molar-refractivity contribution in [2.24, 2.45) is 0 Å². The lowest BCUT2D eigenvalue weighted by Crippen LogP contribution is -2.36. The predicted octanol–water partition coefficient (Wildman–Crippen LogP) is -0.675. The number of fused-ring (bicyclic) bond motifs is 1. The summed E-state index contributed by atoms with van der Waals surface area (Å²) in [6, 6.07) is 0.0718. The van der Waals surface area contributed by atoms with E-state index in [2.05, 4.69) is 5.32 Å². The van der Waals surface area contributed by atoms with Gasteiger partial charge in [0.2, 0.25) is 0 Å². The summed E-state index contributed by atoms with van der Waals surface area (Å²) >= 11 is 5.88. The molecule has 0 aromatic carbocycles. The van der Waals surface area contributed by atoms with Gasteiger partial charge in [0.15, 0.2) is 0 Å². The third kappa shape index (κ3) is 0.855. The highest BCUT2D eigenvalue weighted by Gasteiger charge is 2.44. The van der Waals surface area contributed by atoms with Crippen molar-refractivity contribution in [3.05, 3.63) is 0 Å². The molecule has 0 aliphatic carbocycles. The molecule has 0 saturated carbocycles. The van der Waals surface area contributed by atoms with Crippen molar-refractivity contribution >= 4 is 11.6 Å². The van der Waals surface area contributed by atoms with Crippen LogP contribution in [0.4, 0.5) is 0 Å². The number of halogens is 1. The molecule has 0 radical (unpaired) electrons. The average Bonchev–Trinajstić information content (AvgIpc) is 2.41. The largest absolute Gasteiger partial charge is 0.389 e. The van der Waals surface area contributed by atoms with E-state index >= 15 is 0 Å². The van der Waals surface area contributed by atoms with Crippen LogP contribution in [0.3, 0.4) is 0 Å². The lowest BCUT2D eigenvalue weighted by atomic mass is 10.1. The van der Waals surface area contributed by atoms with Crippen molar-refractivity contribution in [2.45, 2.75) is 23.6 Å². The molecule has 10 heavy (non-hydrogen) atoms. The second-order valence-electron chi connectivity index (χ2n) is 2.82. The summed E-state index contributed by atoms with van der Waals surface area (Å²) in [6.07, 6.45) is -0.342. The lowest BCUT2D eigenvalue weighted by molar-refractivity contribution is 0.0890. The molecule has 0 aromatic rings. The van der Waals surface area contributed by atoms with Crippen molar-refractivity contribution < 1.29 is 9.84 Å². The van der Waals surface area contributed by atoms with Crippen molar-refractivity contribution in [1.82, 2.24) is 5.32 Å². The zero-order chi connectivity index (χ0) is 7.14. The maximum atomic E-state index is 9.27. The van der Waals surface area contributed by atoms with E-state index < -0.39 is 0 Å². The third-order valence-electron chi connectivity index (χ3n) is 2.13. The van der Waals surface area contributed by atoms with Gasteiger partial charge in [-0.1, -0.05) is 0 Å². The first kappa shape index (κ1) is 6.85. The molecule has 2 aliphatic heterocycles. The minimum Gasteiger partial charge on any atom is -0.389 e. The fourth-order valence-electron chi connectivity index (χ4n) is 1.58. The summed E-state index contributed by atoms with van der Waals surface area (Å²) < 4.78 is 5.26. The number of nitrogens with one attached hydrogen (secondary N) is 1. The van der Waals surface area contributed by atoms with Crippen molar-refractivity contribution in [3.8, 4) is 0 Å². The number of aliphatic hydroxyl groups excluding tert-OH is 1. The van der Waals surface area contributed by atoms with E-state index in [0.717, 1.165) is 6.54 Å². The Morgan fingerprint density at radius 3 is 3.10 bits per heavy atom. The Morgan fingerprint density at radius 2 is 2.40 bits per heavy atom. The summed E-state index contributed by atoms with van der Waals surface area (Å²) in [5.74, 6) is 0. The zero-order valence-corrected chi connectivity index (χ0v) is 6.21. The van der Waals surface area contributed by atoms with Crippen LogP contribution in [0.5, 0.6) is 0 Å². The van der Waals surface area contributed by atoms with Crippen LogP contribution in [0.2, 0.25) is 0 Å². The molecule has 2 saturated heterocycles. The van der Waals surface area contributed by atoms with Gasteiger partial charge in [-0.05, 0) is 0 Å². The number of rotatable bonds is 0. The van der Waals surface area contributed by atoms with E-state index in [1.54, 1.807) is 0 Å². The second kappa shape index (κ2) is 2.34. The Hall–Kier alpha value is 0.170. The van der Waals surface area contributed by atoms with Gasteiger partial charge in [0.05, 0.1) is 30.2 Å². The summed E-state index contributed by atoms with van der Waals surface area (Å²) in [5.41, 5.74) is 0. The lowest BCUT2D eigenvalue weighted by Gasteiger charge is -2.10. The molecule has 2 aliphatic rings. The Bertz CT molecular complexity index is 128. The van der Waals surface area contributed by atoms with Crippen LogP contribution < -0.4 is 5.32 Å². The Balaban J connectivity index is 2.09. The zero-order valence-electron chi connectivity index (χ0n) is 5.46. The van der Waals surface area contributed by atoms with E-state index in [1.165, 1.54) is 0 Å². The van der Waals surface area contributed by atoms with Gasteiger partial charge in [-0.3, -0.25) is 0 Å². The van der Waals surface area contributed by atoms with Crippen LogP contribution in [0.1, 0.15) is 0 Å². The molecule has 1 unspecified atom stereocenters. The van der Waals surface area contributed by atoms with Crippen molar-refractivity contribution in [2.75, 3.05) is 13.2 Å². The fourth-order valence-corrected chi connectivity index (χ4v) is 1.90. The molecule has 2 N–H and O–H groups in total.